The molecule has 1 aliphatic rings. The van der Waals surface area contributed by atoms with Gasteiger partial charge in [0.25, 0.3) is 5.69 Å². The molecule has 3 heterocycles. The number of hydrogen-bond donors (Lipinski definition) is 2. The minimum Gasteiger partial charge on any atom is -0.494 e. The lowest BCUT2D eigenvalue weighted by molar-refractivity contribution is -0.384. The molecule has 210 valence electrons. The molecule has 1 amide bonds. The van der Waals surface area contributed by atoms with E-state index in [1.807, 2.05) is 49.9 Å². The number of para-hydroxylation sites is 1. The monoisotopic (exact) mass is 571 g/mol. The number of carbonyl (C=O) groups excluding carboxylic acids is 1. The first-order valence-corrected chi connectivity index (χ1v) is 13.3. The lowest BCUT2D eigenvalue weighted by Crippen LogP contribution is -2.30. The van der Waals surface area contributed by atoms with Crippen LogP contribution in [0.5, 0.6) is 5.75 Å². The fourth-order valence-corrected chi connectivity index (χ4v) is 5.01. The van der Waals surface area contributed by atoms with E-state index in [2.05, 4.69) is 15.6 Å². The molecule has 2 atom stereocenters. The van der Waals surface area contributed by atoms with Crippen LogP contribution in [0.1, 0.15) is 44.3 Å². The Bertz CT molecular complexity index is 1620. The van der Waals surface area contributed by atoms with Gasteiger partial charge in [-0.3, -0.25) is 19.9 Å². The number of methoxy groups -OCH3 is 1. The van der Waals surface area contributed by atoms with E-state index in [1.54, 1.807) is 48.7 Å². The zero-order chi connectivity index (χ0) is 29.3. The topological polar surface area (TPSA) is 123 Å². The van der Waals surface area contributed by atoms with Crippen LogP contribution in [0.3, 0.4) is 0 Å². The number of nitrogens with zero attached hydrogens (tertiary/aromatic N) is 3. The van der Waals surface area contributed by atoms with Crippen LogP contribution < -0.4 is 20.3 Å². The number of nitro groups is 1. The third kappa shape index (κ3) is 5.48. The largest absolute Gasteiger partial charge is 0.494 e. The first-order valence-electron chi connectivity index (χ1n) is 12.9. The molecule has 0 aliphatic carbocycles. The summed E-state index contributed by atoms with van der Waals surface area (Å²) in [4.78, 5) is 30.3. The number of furan rings is 1. The molecular formula is C30H29N5O5S. The number of hydrogen-bond acceptors (Lipinski definition) is 7. The van der Waals surface area contributed by atoms with Gasteiger partial charge in [-0.15, -0.1) is 0 Å². The molecule has 2 N–H and O–H groups in total. The Balaban J connectivity index is 1.58. The fraction of sp³-hybridized carbons (Fsp3) is 0.233. The van der Waals surface area contributed by atoms with Gasteiger partial charge < -0.3 is 24.7 Å². The maximum absolute atomic E-state index is 12.6. The highest BCUT2D eigenvalue weighted by Gasteiger charge is 2.43. The molecule has 1 aliphatic heterocycles. The molecule has 10 nitrogen and oxygen atoms in total. The van der Waals surface area contributed by atoms with Crippen molar-refractivity contribution in [2.45, 2.75) is 32.9 Å². The summed E-state index contributed by atoms with van der Waals surface area (Å²) in [5, 5.41) is 18.4. The first kappa shape index (κ1) is 27.8. The zero-order valence-electron chi connectivity index (χ0n) is 23.0. The predicted octanol–water partition coefficient (Wildman–Crippen LogP) is 6.42. The van der Waals surface area contributed by atoms with Gasteiger partial charge in [-0.2, -0.15) is 0 Å². The summed E-state index contributed by atoms with van der Waals surface area (Å²) >= 11 is 5.81. The van der Waals surface area contributed by atoms with Gasteiger partial charge in [0.05, 0.1) is 35.0 Å². The van der Waals surface area contributed by atoms with Crippen LogP contribution in [-0.4, -0.2) is 28.0 Å². The molecule has 41 heavy (non-hydrogen) atoms. The molecule has 5 rings (SSSR count). The third-order valence-corrected chi connectivity index (χ3v) is 7.09. The molecule has 2 aromatic carbocycles. The number of pyridine rings is 1. The lowest BCUT2D eigenvalue weighted by atomic mass is 9.95. The molecule has 0 bridgehead atoms. The van der Waals surface area contributed by atoms with Crippen molar-refractivity contribution in [2.24, 2.45) is 5.41 Å². The van der Waals surface area contributed by atoms with E-state index in [0.29, 0.717) is 39.3 Å². The first-order chi connectivity index (χ1) is 19.6. The van der Waals surface area contributed by atoms with Crippen LogP contribution in [0, 0.1) is 15.5 Å². The van der Waals surface area contributed by atoms with Crippen molar-refractivity contribution in [3.05, 3.63) is 101 Å². The number of thiocarbonyl (C=S) groups is 1. The second kappa shape index (κ2) is 11.0. The van der Waals surface area contributed by atoms with Crippen molar-refractivity contribution < 1.29 is 18.9 Å². The van der Waals surface area contributed by atoms with Gasteiger partial charge in [0.2, 0.25) is 5.91 Å². The number of benzene rings is 2. The van der Waals surface area contributed by atoms with Crippen molar-refractivity contribution in [3.63, 3.8) is 0 Å². The Morgan fingerprint density at radius 2 is 1.88 bits per heavy atom. The van der Waals surface area contributed by atoms with Gasteiger partial charge in [-0.05, 0) is 54.7 Å². The van der Waals surface area contributed by atoms with Crippen molar-refractivity contribution in [2.75, 3.05) is 17.3 Å². The van der Waals surface area contributed by atoms with Gasteiger partial charge in [-0.25, -0.2) is 0 Å². The average molecular weight is 572 g/mol. The molecule has 11 heteroatoms. The summed E-state index contributed by atoms with van der Waals surface area (Å²) < 4.78 is 11.9. The van der Waals surface area contributed by atoms with E-state index in [0.717, 1.165) is 5.69 Å². The van der Waals surface area contributed by atoms with E-state index in [4.69, 9.17) is 21.4 Å². The quantitative estimate of drug-likeness (QED) is 0.147. The third-order valence-electron chi connectivity index (χ3n) is 6.78. The molecule has 0 saturated carbocycles. The highest BCUT2D eigenvalue weighted by Crippen LogP contribution is 2.45. The molecule has 2 unspecified atom stereocenters. The number of anilines is 2. The average Bonchev–Trinajstić information content (AvgIpc) is 3.58. The standard InChI is InChI=1S/C30H29N5O5S/c1-30(2,3)28(36)32-20-13-12-18(17-25(20)39-4)34-27(26(33-29(34)41)21-10-7-8-16-31-21)24-15-14-23(40-24)19-9-5-6-11-22(19)35(37)38/h5-17,26-27H,1-4H3,(H,32,36)(H,33,41). The van der Waals surface area contributed by atoms with E-state index >= 15 is 0 Å². The Hall–Kier alpha value is -4.77. The second-order valence-corrected chi connectivity index (χ2v) is 10.9. The number of rotatable bonds is 7. The molecule has 1 saturated heterocycles. The molecule has 0 radical (unpaired) electrons. The molecular weight excluding hydrogens is 542 g/mol. The van der Waals surface area contributed by atoms with Gasteiger partial charge in [-0.1, -0.05) is 39.0 Å². The van der Waals surface area contributed by atoms with E-state index in [9.17, 15) is 14.9 Å². The number of carbonyl (C=O) groups is 1. The highest BCUT2D eigenvalue weighted by atomic mass is 32.1. The van der Waals surface area contributed by atoms with Crippen LogP contribution in [-0.2, 0) is 4.79 Å². The van der Waals surface area contributed by atoms with Gasteiger partial charge in [0.1, 0.15) is 23.3 Å². The Labute approximate surface area is 242 Å². The van der Waals surface area contributed by atoms with Crippen molar-refractivity contribution in [1.82, 2.24) is 10.3 Å². The zero-order valence-corrected chi connectivity index (χ0v) is 23.8. The lowest BCUT2D eigenvalue weighted by Gasteiger charge is -2.27. The van der Waals surface area contributed by atoms with Crippen LogP contribution in [0.2, 0.25) is 0 Å². The van der Waals surface area contributed by atoms with Crippen LogP contribution in [0.15, 0.2) is 83.4 Å². The Morgan fingerprint density at radius 3 is 2.56 bits per heavy atom. The number of ether oxygens (including phenoxy) is 1. The SMILES string of the molecule is COc1cc(N2C(=S)NC(c3ccccn3)C2c2ccc(-c3ccccc3[N+](=O)[O-])o2)ccc1NC(=O)C(C)(C)C. The molecule has 4 aromatic rings. The summed E-state index contributed by atoms with van der Waals surface area (Å²) in [7, 11) is 1.53. The Kier molecular flexibility index (Phi) is 7.46. The van der Waals surface area contributed by atoms with E-state index in [-0.39, 0.29) is 17.6 Å². The van der Waals surface area contributed by atoms with Gasteiger partial charge in [0, 0.05) is 29.4 Å². The number of amides is 1. The van der Waals surface area contributed by atoms with E-state index < -0.39 is 16.4 Å². The van der Waals surface area contributed by atoms with Crippen LogP contribution in [0.25, 0.3) is 11.3 Å². The van der Waals surface area contributed by atoms with Crippen LogP contribution >= 0.6 is 12.2 Å². The maximum Gasteiger partial charge on any atom is 0.280 e. The predicted molar refractivity (Wildman–Crippen MR) is 160 cm³/mol. The van der Waals surface area contributed by atoms with Crippen molar-refractivity contribution >= 4 is 40.3 Å². The van der Waals surface area contributed by atoms with Gasteiger partial charge >= 0.3 is 0 Å². The summed E-state index contributed by atoms with van der Waals surface area (Å²) in [5.74, 6) is 1.21. The smallest absolute Gasteiger partial charge is 0.280 e. The summed E-state index contributed by atoms with van der Waals surface area (Å²) in [6.07, 6.45) is 1.70. The number of nitro benzene ring substituents is 1. The van der Waals surface area contributed by atoms with Crippen molar-refractivity contribution in [1.29, 1.82) is 0 Å². The fourth-order valence-electron chi connectivity index (χ4n) is 4.66. The minimum absolute atomic E-state index is 0.0516. The number of aromatic nitrogens is 1. The molecule has 0 spiro atoms. The Morgan fingerprint density at radius 1 is 1.12 bits per heavy atom. The summed E-state index contributed by atoms with van der Waals surface area (Å²) in [5.41, 5.74) is 1.70. The maximum atomic E-state index is 12.6. The van der Waals surface area contributed by atoms with E-state index in [1.165, 1.54) is 13.2 Å². The number of nitrogens with one attached hydrogen (secondary N) is 2. The summed E-state index contributed by atoms with van der Waals surface area (Å²) in [6.45, 7) is 5.50. The molecule has 2 aromatic heterocycles. The summed E-state index contributed by atoms with van der Waals surface area (Å²) in [6, 6.07) is 20.1. The molecule has 1 fully saturated rings. The minimum atomic E-state index is -0.587. The van der Waals surface area contributed by atoms with Gasteiger partial charge in [0.15, 0.2) is 5.11 Å². The second-order valence-electron chi connectivity index (χ2n) is 10.6. The normalized spacial score (nSPS) is 16.8. The highest BCUT2D eigenvalue weighted by molar-refractivity contribution is 7.80. The van der Waals surface area contributed by atoms with Crippen molar-refractivity contribution in [3.8, 4) is 17.1 Å². The van der Waals surface area contributed by atoms with Crippen LogP contribution in [0.4, 0.5) is 17.1 Å².